The fraction of sp³-hybridized carbons (Fsp3) is 0. The highest BCUT2D eigenvalue weighted by Crippen LogP contribution is 2.19. The van der Waals surface area contributed by atoms with E-state index >= 15 is 0 Å². The average molecular weight is 416 g/mol. The van der Waals surface area contributed by atoms with Gasteiger partial charge in [0.2, 0.25) is 0 Å². The van der Waals surface area contributed by atoms with Crippen molar-refractivity contribution in [3.8, 4) is 0 Å². The third-order valence-corrected chi connectivity index (χ3v) is 4.03. The molecule has 5 heteroatoms. The molecular weight excluding hydrogens is 403 g/mol. The van der Waals surface area contributed by atoms with Gasteiger partial charge in [-0.3, -0.25) is 9.59 Å². The zero-order valence-electron chi connectivity index (χ0n) is 12.0. The maximum absolute atomic E-state index is 12.0. The number of hydrogen-bond donors (Lipinski definition) is 2. The van der Waals surface area contributed by atoms with Gasteiger partial charge >= 0.3 is 11.8 Å². The summed E-state index contributed by atoms with van der Waals surface area (Å²) in [5.41, 5.74) is 1.18. The Morgan fingerprint density at radius 3 is 1.96 bits per heavy atom. The van der Waals surface area contributed by atoms with Gasteiger partial charge in [0.15, 0.2) is 0 Å². The Kier molecular flexibility index (Phi) is 4.57. The van der Waals surface area contributed by atoms with E-state index in [0.717, 1.165) is 14.3 Å². The molecule has 3 rings (SSSR count). The van der Waals surface area contributed by atoms with Gasteiger partial charge in [-0.05, 0) is 69.8 Å². The molecule has 2 amide bonds. The Morgan fingerprint density at radius 1 is 0.696 bits per heavy atom. The maximum atomic E-state index is 12.0. The van der Waals surface area contributed by atoms with Crippen molar-refractivity contribution >= 4 is 56.6 Å². The topological polar surface area (TPSA) is 58.2 Å². The highest BCUT2D eigenvalue weighted by Gasteiger charge is 2.14. The van der Waals surface area contributed by atoms with Crippen LogP contribution in [0.1, 0.15) is 0 Å². The van der Waals surface area contributed by atoms with Gasteiger partial charge in [-0.15, -0.1) is 0 Å². The molecule has 0 spiro atoms. The minimum atomic E-state index is -0.696. The van der Waals surface area contributed by atoms with E-state index < -0.39 is 11.8 Å². The van der Waals surface area contributed by atoms with Crippen molar-refractivity contribution in [1.29, 1.82) is 0 Å². The minimum Gasteiger partial charge on any atom is -0.318 e. The number of hydrogen-bond acceptors (Lipinski definition) is 2. The summed E-state index contributed by atoms with van der Waals surface area (Å²) in [4.78, 5) is 23.9. The molecule has 0 saturated heterocycles. The summed E-state index contributed by atoms with van der Waals surface area (Å²) in [6, 6.07) is 20.6. The summed E-state index contributed by atoms with van der Waals surface area (Å²) in [5, 5.41) is 7.27. The lowest BCUT2D eigenvalue weighted by molar-refractivity contribution is -0.132. The van der Waals surface area contributed by atoms with Gasteiger partial charge in [-0.1, -0.05) is 30.3 Å². The molecule has 0 fully saturated rings. The van der Waals surface area contributed by atoms with Crippen molar-refractivity contribution in [2.75, 3.05) is 10.6 Å². The molecule has 0 heterocycles. The molecule has 0 aliphatic heterocycles. The predicted octanol–water partition coefficient (Wildman–Crippen LogP) is 4.02. The number of carbonyl (C=O) groups is 2. The van der Waals surface area contributed by atoms with Crippen LogP contribution in [-0.2, 0) is 9.59 Å². The molecule has 0 atom stereocenters. The molecule has 2 N–H and O–H groups in total. The summed E-state index contributed by atoms with van der Waals surface area (Å²) in [6.45, 7) is 0. The van der Waals surface area contributed by atoms with E-state index in [1.165, 1.54) is 0 Å². The summed E-state index contributed by atoms with van der Waals surface area (Å²) in [5.74, 6) is -1.39. The highest BCUT2D eigenvalue weighted by molar-refractivity contribution is 14.1. The Bertz CT molecular complexity index is 876. The standard InChI is InChI=1S/C18H13IN2O2/c19-14-6-9-15(10-7-14)20-17(22)18(23)21-16-8-5-12-3-1-2-4-13(12)11-16/h1-11H,(H,20,22)(H,21,23). The van der Waals surface area contributed by atoms with Crippen LogP contribution in [0.4, 0.5) is 11.4 Å². The van der Waals surface area contributed by atoms with Gasteiger partial charge < -0.3 is 10.6 Å². The van der Waals surface area contributed by atoms with Gasteiger partial charge in [-0.2, -0.15) is 0 Å². The first-order chi connectivity index (χ1) is 11.1. The molecular formula is C18H13IN2O2. The molecule has 0 aromatic heterocycles. The lowest BCUT2D eigenvalue weighted by Gasteiger charge is -2.07. The van der Waals surface area contributed by atoms with Crippen LogP contribution >= 0.6 is 22.6 Å². The Labute approximate surface area is 147 Å². The number of amides is 2. The lowest BCUT2D eigenvalue weighted by Crippen LogP contribution is -2.29. The molecule has 114 valence electrons. The van der Waals surface area contributed by atoms with E-state index in [0.29, 0.717) is 11.4 Å². The zero-order chi connectivity index (χ0) is 16.2. The van der Waals surface area contributed by atoms with Gasteiger partial charge in [0.1, 0.15) is 0 Å². The van der Waals surface area contributed by atoms with E-state index in [1.807, 2.05) is 48.5 Å². The van der Waals surface area contributed by atoms with Crippen LogP contribution in [0.15, 0.2) is 66.7 Å². The monoisotopic (exact) mass is 416 g/mol. The number of fused-ring (bicyclic) bond motifs is 1. The Hall–Kier alpha value is -2.41. The third-order valence-electron chi connectivity index (χ3n) is 3.32. The first kappa shape index (κ1) is 15.5. The number of benzene rings is 3. The molecule has 0 aliphatic carbocycles. The summed E-state index contributed by atoms with van der Waals surface area (Å²) in [6.07, 6.45) is 0. The fourth-order valence-electron chi connectivity index (χ4n) is 2.18. The average Bonchev–Trinajstić information content (AvgIpc) is 2.56. The number of anilines is 2. The van der Waals surface area contributed by atoms with Crippen LogP contribution in [0.25, 0.3) is 10.8 Å². The fourth-order valence-corrected chi connectivity index (χ4v) is 2.54. The van der Waals surface area contributed by atoms with Crippen LogP contribution in [0.5, 0.6) is 0 Å². The zero-order valence-corrected chi connectivity index (χ0v) is 14.2. The largest absolute Gasteiger partial charge is 0.318 e. The summed E-state index contributed by atoms with van der Waals surface area (Å²) in [7, 11) is 0. The number of carbonyl (C=O) groups excluding carboxylic acids is 2. The first-order valence-electron chi connectivity index (χ1n) is 6.98. The molecule has 0 unspecified atom stereocenters. The van der Waals surface area contributed by atoms with Crippen molar-refractivity contribution < 1.29 is 9.59 Å². The second kappa shape index (κ2) is 6.78. The normalized spacial score (nSPS) is 10.3. The molecule has 0 aliphatic rings. The van der Waals surface area contributed by atoms with Crippen LogP contribution in [0, 0.1) is 3.57 Å². The lowest BCUT2D eigenvalue weighted by atomic mass is 10.1. The number of nitrogens with one attached hydrogen (secondary N) is 2. The van der Waals surface area contributed by atoms with Crippen LogP contribution in [-0.4, -0.2) is 11.8 Å². The second-order valence-electron chi connectivity index (χ2n) is 4.98. The molecule has 0 bridgehead atoms. The molecule has 3 aromatic carbocycles. The van der Waals surface area contributed by atoms with Crippen LogP contribution < -0.4 is 10.6 Å². The summed E-state index contributed by atoms with van der Waals surface area (Å²) >= 11 is 2.17. The van der Waals surface area contributed by atoms with Crippen molar-refractivity contribution in [2.45, 2.75) is 0 Å². The smallest absolute Gasteiger partial charge is 0.314 e. The predicted molar refractivity (Wildman–Crippen MR) is 100 cm³/mol. The minimum absolute atomic E-state index is 0.587. The van der Waals surface area contributed by atoms with Gasteiger partial charge in [0.05, 0.1) is 0 Å². The van der Waals surface area contributed by atoms with E-state index in [-0.39, 0.29) is 0 Å². The van der Waals surface area contributed by atoms with E-state index in [4.69, 9.17) is 0 Å². The van der Waals surface area contributed by atoms with Gasteiger partial charge in [0.25, 0.3) is 0 Å². The van der Waals surface area contributed by atoms with Crippen molar-refractivity contribution in [3.05, 3.63) is 70.3 Å². The van der Waals surface area contributed by atoms with E-state index in [9.17, 15) is 9.59 Å². The van der Waals surface area contributed by atoms with Gasteiger partial charge in [0, 0.05) is 14.9 Å². The highest BCUT2D eigenvalue weighted by atomic mass is 127. The number of rotatable bonds is 2. The SMILES string of the molecule is O=C(Nc1ccc(I)cc1)C(=O)Nc1ccc2ccccc2c1. The van der Waals surface area contributed by atoms with E-state index in [2.05, 4.69) is 33.2 Å². The summed E-state index contributed by atoms with van der Waals surface area (Å²) < 4.78 is 1.06. The Morgan fingerprint density at radius 2 is 1.26 bits per heavy atom. The van der Waals surface area contributed by atoms with Crippen LogP contribution in [0.2, 0.25) is 0 Å². The van der Waals surface area contributed by atoms with E-state index in [1.54, 1.807) is 18.2 Å². The quantitative estimate of drug-likeness (QED) is 0.490. The molecule has 4 nitrogen and oxygen atoms in total. The van der Waals surface area contributed by atoms with Crippen LogP contribution in [0.3, 0.4) is 0 Å². The number of halogens is 1. The van der Waals surface area contributed by atoms with Gasteiger partial charge in [-0.25, -0.2) is 0 Å². The van der Waals surface area contributed by atoms with Crippen molar-refractivity contribution in [2.24, 2.45) is 0 Å². The van der Waals surface area contributed by atoms with Crippen molar-refractivity contribution in [1.82, 2.24) is 0 Å². The maximum Gasteiger partial charge on any atom is 0.314 e. The van der Waals surface area contributed by atoms with Crippen molar-refractivity contribution in [3.63, 3.8) is 0 Å². The molecule has 23 heavy (non-hydrogen) atoms. The molecule has 0 radical (unpaired) electrons. The molecule has 3 aromatic rings. The molecule has 0 saturated carbocycles. The second-order valence-corrected chi connectivity index (χ2v) is 6.22. The first-order valence-corrected chi connectivity index (χ1v) is 8.06. The third kappa shape index (κ3) is 3.87. The Balaban J connectivity index is 1.69.